The van der Waals surface area contributed by atoms with Gasteiger partial charge in [-0.15, -0.1) is 21.5 Å². The molecule has 1 fully saturated rings. The summed E-state index contributed by atoms with van der Waals surface area (Å²) in [6.07, 6.45) is 2.23. The molecule has 4 rings (SSSR count). The van der Waals surface area contributed by atoms with Crippen LogP contribution in [0, 0.1) is 10.1 Å². The molecule has 29 heavy (non-hydrogen) atoms. The van der Waals surface area contributed by atoms with Gasteiger partial charge in [0.15, 0.2) is 11.0 Å². The van der Waals surface area contributed by atoms with Crippen LogP contribution in [-0.2, 0) is 17.0 Å². The molecule has 8 nitrogen and oxygen atoms in total. The number of thiophene rings is 1. The maximum Gasteiger partial charge on any atom is 0.270 e. The number of nitro groups is 1. The van der Waals surface area contributed by atoms with Crippen LogP contribution >= 0.6 is 23.1 Å². The predicted molar refractivity (Wildman–Crippen MR) is 112 cm³/mol. The minimum absolute atomic E-state index is 0.0431. The van der Waals surface area contributed by atoms with Crippen LogP contribution in [-0.4, -0.2) is 39.5 Å². The lowest BCUT2D eigenvalue weighted by molar-refractivity contribution is -0.384. The summed E-state index contributed by atoms with van der Waals surface area (Å²) in [7, 11) is 1.56. The minimum atomic E-state index is -0.400. The number of rotatable bonds is 8. The molecule has 0 radical (unpaired) electrons. The summed E-state index contributed by atoms with van der Waals surface area (Å²) in [5.41, 5.74) is 0.789. The van der Waals surface area contributed by atoms with E-state index in [1.807, 2.05) is 17.5 Å². The summed E-state index contributed by atoms with van der Waals surface area (Å²) in [4.78, 5) is 11.8. The van der Waals surface area contributed by atoms with E-state index in [9.17, 15) is 10.1 Å². The molecule has 1 atom stereocenters. The molecule has 0 amide bonds. The predicted octanol–water partition coefficient (Wildman–Crippen LogP) is 4.39. The fourth-order valence-electron chi connectivity index (χ4n) is 3.27. The lowest BCUT2D eigenvalue weighted by atomic mass is 10.2. The van der Waals surface area contributed by atoms with Gasteiger partial charge in [-0.1, -0.05) is 17.8 Å². The number of non-ortho nitro benzene ring substituents is 1. The number of benzene rings is 1. The zero-order valence-electron chi connectivity index (χ0n) is 15.8. The van der Waals surface area contributed by atoms with E-state index in [2.05, 4.69) is 14.8 Å². The third kappa shape index (κ3) is 4.44. The van der Waals surface area contributed by atoms with Crippen molar-refractivity contribution in [3.05, 3.63) is 51.4 Å². The molecule has 2 aromatic heterocycles. The molecule has 1 saturated heterocycles. The second-order valence-corrected chi connectivity index (χ2v) is 8.46. The Kier molecular flexibility index (Phi) is 6.12. The summed E-state index contributed by atoms with van der Waals surface area (Å²) >= 11 is 3.11. The number of nitrogens with zero attached hydrogens (tertiary/aromatic N) is 4. The van der Waals surface area contributed by atoms with Crippen molar-refractivity contribution >= 4 is 28.8 Å². The fourth-order valence-corrected chi connectivity index (χ4v) is 4.92. The zero-order valence-corrected chi connectivity index (χ0v) is 17.4. The number of hydrogen-bond acceptors (Lipinski definition) is 8. The highest BCUT2D eigenvalue weighted by molar-refractivity contribution is 7.98. The van der Waals surface area contributed by atoms with Crippen molar-refractivity contribution in [1.29, 1.82) is 0 Å². The van der Waals surface area contributed by atoms with Crippen LogP contribution in [0.3, 0.4) is 0 Å². The van der Waals surface area contributed by atoms with Crippen LogP contribution in [0.1, 0.15) is 18.4 Å². The Morgan fingerprint density at radius 3 is 3.00 bits per heavy atom. The highest BCUT2D eigenvalue weighted by Gasteiger charge is 2.22. The van der Waals surface area contributed by atoms with Crippen molar-refractivity contribution in [1.82, 2.24) is 14.8 Å². The van der Waals surface area contributed by atoms with Gasteiger partial charge in [0.2, 0.25) is 0 Å². The average molecular weight is 433 g/mol. The number of aromatic nitrogens is 3. The van der Waals surface area contributed by atoms with Crippen molar-refractivity contribution in [2.45, 2.75) is 36.4 Å². The first-order valence-corrected chi connectivity index (χ1v) is 11.0. The number of methoxy groups -OCH3 is 1. The number of hydrogen-bond donors (Lipinski definition) is 0. The maximum absolute atomic E-state index is 11.1. The van der Waals surface area contributed by atoms with Gasteiger partial charge < -0.3 is 9.47 Å². The first kappa shape index (κ1) is 19.9. The number of ether oxygens (including phenoxy) is 2. The quantitative estimate of drug-likeness (QED) is 0.296. The molecule has 1 aromatic carbocycles. The lowest BCUT2D eigenvalue weighted by Crippen LogP contribution is -2.16. The first-order chi connectivity index (χ1) is 14.2. The van der Waals surface area contributed by atoms with E-state index < -0.39 is 4.92 Å². The second kappa shape index (κ2) is 8.93. The highest BCUT2D eigenvalue weighted by Crippen LogP contribution is 2.33. The van der Waals surface area contributed by atoms with E-state index in [0.717, 1.165) is 40.9 Å². The molecular weight excluding hydrogens is 412 g/mol. The van der Waals surface area contributed by atoms with Gasteiger partial charge in [-0.05, 0) is 30.4 Å². The third-order valence-corrected chi connectivity index (χ3v) is 6.58. The summed E-state index contributed by atoms with van der Waals surface area (Å²) in [6.45, 7) is 1.48. The molecule has 3 aromatic rings. The van der Waals surface area contributed by atoms with Gasteiger partial charge in [0.1, 0.15) is 5.75 Å². The van der Waals surface area contributed by atoms with Crippen molar-refractivity contribution in [3.63, 3.8) is 0 Å². The lowest BCUT2D eigenvalue weighted by Gasteiger charge is -2.14. The smallest absolute Gasteiger partial charge is 0.270 e. The van der Waals surface area contributed by atoms with Crippen molar-refractivity contribution in [2.24, 2.45) is 0 Å². The molecule has 1 aliphatic rings. The van der Waals surface area contributed by atoms with Gasteiger partial charge >= 0.3 is 0 Å². The Morgan fingerprint density at radius 1 is 1.41 bits per heavy atom. The maximum atomic E-state index is 11.1. The van der Waals surface area contributed by atoms with E-state index in [0.29, 0.717) is 18.0 Å². The number of nitro benzene ring substituents is 1. The van der Waals surface area contributed by atoms with Crippen molar-refractivity contribution in [3.8, 4) is 16.5 Å². The topological polar surface area (TPSA) is 92.3 Å². The SMILES string of the molecule is COc1ccc([N+](=O)[O-])cc1CSc1nnc(-c2cccs2)n1CC1CCCO1. The molecule has 0 aliphatic carbocycles. The van der Waals surface area contributed by atoms with E-state index in [1.165, 1.54) is 17.8 Å². The summed E-state index contributed by atoms with van der Waals surface area (Å²) in [5.74, 6) is 1.93. The second-order valence-electron chi connectivity index (χ2n) is 6.57. The molecule has 1 aliphatic heterocycles. The van der Waals surface area contributed by atoms with Crippen LogP contribution in [0.15, 0.2) is 40.9 Å². The minimum Gasteiger partial charge on any atom is -0.496 e. The summed E-state index contributed by atoms with van der Waals surface area (Å²) < 4.78 is 13.3. The van der Waals surface area contributed by atoms with Gasteiger partial charge in [0, 0.05) is 30.1 Å². The molecule has 0 spiro atoms. The van der Waals surface area contributed by atoms with Crippen molar-refractivity contribution in [2.75, 3.05) is 13.7 Å². The molecule has 3 heterocycles. The molecule has 152 valence electrons. The average Bonchev–Trinajstić information content (AvgIpc) is 3.49. The Labute approximate surface area is 176 Å². The first-order valence-electron chi connectivity index (χ1n) is 9.18. The van der Waals surface area contributed by atoms with Crippen LogP contribution in [0.25, 0.3) is 10.7 Å². The molecule has 0 N–H and O–H groups in total. The van der Waals surface area contributed by atoms with Crippen LogP contribution in [0.2, 0.25) is 0 Å². The Morgan fingerprint density at radius 2 is 2.31 bits per heavy atom. The molecule has 1 unspecified atom stereocenters. The zero-order chi connectivity index (χ0) is 20.2. The van der Waals surface area contributed by atoms with Gasteiger partial charge in [0.05, 0.1) is 29.6 Å². The fraction of sp³-hybridized carbons (Fsp3) is 0.368. The molecule has 0 saturated carbocycles. The standard InChI is InChI=1S/C19H20N4O4S2/c1-26-16-7-6-14(23(24)25)10-13(16)12-29-19-21-20-18(17-5-3-9-28-17)22(19)11-15-4-2-8-27-15/h3,5-7,9-10,15H,2,4,8,11-12H2,1H3. The van der Waals surface area contributed by atoms with Gasteiger partial charge in [-0.3, -0.25) is 14.7 Å². The molecule has 0 bridgehead atoms. The monoisotopic (exact) mass is 432 g/mol. The Bertz CT molecular complexity index is 984. The van der Waals surface area contributed by atoms with Gasteiger partial charge in [-0.25, -0.2) is 0 Å². The van der Waals surface area contributed by atoms with Gasteiger partial charge in [-0.2, -0.15) is 0 Å². The van der Waals surface area contributed by atoms with Crippen LogP contribution in [0.4, 0.5) is 5.69 Å². The number of thioether (sulfide) groups is 1. The van der Waals surface area contributed by atoms with E-state index >= 15 is 0 Å². The summed E-state index contributed by atoms with van der Waals surface area (Å²) in [5, 5.41) is 22.7. The van der Waals surface area contributed by atoms with Gasteiger partial charge in [0.25, 0.3) is 5.69 Å². The third-order valence-electron chi connectivity index (χ3n) is 4.70. The van der Waals surface area contributed by atoms with E-state index in [1.54, 1.807) is 30.6 Å². The van der Waals surface area contributed by atoms with Crippen molar-refractivity contribution < 1.29 is 14.4 Å². The normalized spacial score (nSPS) is 16.2. The Balaban J connectivity index is 1.60. The molecule has 10 heteroatoms. The van der Waals surface area contributed by atoms with E-state index in [4.69, 9.17) is 9.47 Å². The van der Waals surface area contributed by atoms with E-state index in [-0.39, 0.29) is 11.8 Å². The highest BCUT2D eigenvalue weighted by atomic mass is 32.2. The summed E-state index contributed by atoms with van der Waals surface area (Å²) in [6, 6.07) is 8.64. The Hall–Kier alpha value is -2.43. The van der Waals surface area contributed by atoms with Crippen LogP contribution in [0.5, 0.6) is 5.75 Å². The molecular formula is C19H20N4O4S2. The largest absolute Gasteiger partial charge is 0.496 e. The van der Waals surface area contributed by atoms with Crippen LogP contribution < -0.4 is 4.74 Å².